The number of aromatic nitrogens is 2. The summed E-state index contributed by atoms with van der Waals surface area (Å²) >= 11 is 0. The van der Waals surface area contributed by atoms with E-state index in [1.54, 1.807) is 0 Å². The van der Waals surface area contributed by atoms with Gasteiger partial charge in [-0.3, -0.25) is 4.79 Å². The smallest absolute Gasteiger partial charge is 0.223 e. The van der Waals surface area contributed by atoms with Crippen molar-refractivity contribution < 1.29 is 9.90 Å². The standard InChI is InChI=1S/C24H28N4O2/c29-15-14-28-22-9-5-4-8-20(22)26-24(28)27-13-12-19(17-6-2-1-3-7-17)21(16-27)25-23(30)18-10-11-18/h1-9,18-19,21,29H,10-16H2,(H,25,30)/t19-,21-/m0/s1. The van der Waals surface area contributed by atoms with Crippen molar-refractivity contribution in [1.29, 1.82) is 0 Å². The molecule has 1 amide bonds. The second kappa shape index (κ2) is 8.11. The van der Waals surface area contributed by atoms with Crippen LogP contribution in [0.3, 0.4) is 0 Å². The minimum Gasteiger partial charge on any atom is -0.395 e. The van der Waals surface area contributed by atoms with Crippen LogP contribution in [0.1, 0.15) is 30.7 Å². The minimum atomic E-state index is 0.0386. The molecule has 1 aliphatic heterocycles. The predicted molar refractivity (Wildman–Crippen MR) is 117 cm³/mol. The Kier molecular flexibility index (Phi) is 5.17. The highest BCUT2D eigenvalue weighted by molar-refractivity contribution is 5.81. The third-order valence-electron chi connectivity index (χ3n) is 6.36. The van der Waals surface area contributed by atoms with Crippen LogP contribution >= 0.6 is 0 Å². The minimum absolute atomic E-state index is 0.0386. The lowest BCUT2D eigenvalue weighted by Gasteiger charge is -2.40. The Hall–Kier alpha value is -2.86. The van der Waals surface area contributed by atoms with E-state index in [4.69, 9.17) is 4.98 Å². The van der Waals surface area contributed by atoms with Gasteiger partial charge in [-0.1, -0.05) is 42.5 Å². The molecule has 2 heterocycles. The summed E-state index contributed by atoms with van der Waals surface area (Å²) in [5.41, 5.74) is 3.25. The SMILES string of the molecule is O=C(N[C@H]1CN(c2nc3ccccc3n2CCO)CC[C@H]1c1ccccc1)C1CC1. The molecule has 2 fully saturated rings. The molecule has 1 aliphatic carbocycles. The second-order valence-electron chi connectivity index (χ2n) is 8.42. The molecule has 156 valence electrons. The number of amides is 1. The lowest BCUT2D eigenvalue weighted by atomic mass is 9.85. The van der Waals surface area contributed by atoms with Crippen LogP contribution in [0.2, 0.25) is 0 Å². The normalized spacial score (nSPS) is 21.7. The van der Waals surface area contributed by atoms with Gasteiger partial charge in [0.05, 0.1) is 23.7 Å². The van der Waals surface area contributed by atoms with Gasteiger partial charge < -0.3 is 19.9 Å². The molecule has 5 rings (SSSR count). The number of benzene rings is 2. The molecule has 3 aromatic rings. The molecule has 30 heavy (non-hydrogen) atoms. The number of para-hydroxylation sites is 2. The van der Waals surface area contributed by atoms with E-state index in [2.05, 4.69) is 39.0 Å². The number of anilines is 1. The van der Waals surface area contributed by atoms with Crippen molar-refractivity contribution in [3.05, 3.63) is 60.2 Å². The van der Waals surface area contributed by atoms with Crippen molar-refractivity contribution in [2.24, 2.45) is 5.92 Å². The number of hydrogen-bond donors (Lipinski definition) is 2. The fourth-order valence-electron chi connectivity index (χ4n) is 4.65. The first-order valence-electron chi connectivity index (χ1n) is 10.9. The lowest BCUT2D eigenvalue weighted by Crippen LogP contribution is -2.52. The molecule has 6 nitrogen and oxygen atoms in total. The molecule has 2 N–H and O–H groups in total. The molecule has 0 unspecified atom stereocenters. The van der Waals surface area contributed by atoms with Gasteiger partial charge in [0.15, 0.2) is 0 Å². The van der Waals surface area contributed by atoms with E-state index in [0.29, 0.717) is 19.0 Å². The number of fused-ring (bicyclic) bond motifs is 1. The van der Waals surface area contributed by atoms with Crippen LogP contribution in [-0.4, -0.2) is 46.3 Å². The van der Waals surface area contributed by atoms with E-state index >= 15 is 0 Å². The van der Waals surface area contributed by atoms with Gasteiger partial charge in [0, 0.05) is 31.5 Å². The van der Waals surface area contributed by atoms with Gasteiger partial charge >= 0.3 is 0 Å². The first kappa shape index (κ1) is 19.1. The molecule has 2 aliphatic rings. The fraction of sp³-hybridized carbons (Fsp3) is 0.417. The zero-order valence-electron chi connectivity index (χ0n) is 17.1. The molecule has 1 saturated heterocycles. The lowest BCUT2D eigenvalue weighted by molar-refractivity contribution is -0.123. The van der Waals surface area contributed by atoms with Gasteiger partial charge in [0.25, 0.3) is 0 Å². The summed E-state index contributed by atoms with van der Waals surface area (Å²) in [5, 5.41) is 13.0. The average Bonchev–Trinajstić information content (AvgIpc) is 3.57. The van der Waals surface area contributed by atoms with Crippen molar-refractivity contribution >= 4 is 22.9 Å². The van der Waals surface area contributed by atoms with Gasteiger partial charge in [0.1, 0.15) is 0 Å². The van der Waals surface area contributed by atoms with E-state index < -0.39 is 0 Å². The Morgan fingerprint density at radius 3 is 2.60 bits per heavy atom. The molecule has 2 aromatic carbocycles. The highest BCUT2D eigenvalue weighted by Crippen LogP contribution is 2.34. The summed E-state index contributed by atoms with van der Waals surface area (Å²) in [6.07, 6.45) is 2.96. The third-order valence-corrected chi connectivity index (χ3v) is 6.36. The summed E-state index contributed by atoms with van der Waals surface area (Å²) in [7, 11) is 0. The summed E-state index contributed by atoms with van der Waals surface area (Å²) in [6, 6.07) is 18.6. The van der Waals surface area contributed by atoms with E-state index in [0.717, 1.165) is 42.8 Å². The van der Waals surface area contributed by atoms with Crippen molar-refractivity contribution in [3.63, 3.8) is 0 Å². The van der Waals surface area contributed by atoms with Crippen LogP contribution in [0.4, 0.5) is 5.95 Å². The zero-order chi connectivity index (χ0) is 20.5. The van der Waals surface area contributed by atoms with Crippen LogP contribution < -0.4 is 10.2 Å². The van der Waals surface area contributed by atoms with Crippen LogP contribution in [0.5, 0.6) is 0 Å². The van der Waals surface area contributed by atoms with Crippen LogP contribution in [0.25, 0.3) is 11.0 Å². The fourth-order valence-corrected chi connectivity index (χ4v) is 4.65. The van der Waals surface area contributed by atoms with E-state index in [1.165, 1.54) is 5.56 Å². The Morgan fingerprint density at radius 2 is 1.83 bits per heavy atom. The molecule has 0 spiro atoms. The number of aliphatic hydroxyl groups is 1. The highest BCUT2D eigenvalue weighted by atomic mass is 16.3. The molecule has 0 bridgehead atoms. The van der Waals surface area contributed by atoms with Crippen LogP contribution in [0, 0.1) is 5.92 Å². The van der Waals surface area contributed by atoms with Gasteiger partial charge in [0.2, 0.25) is 11.9 Å². The van der Waals surface area contributed by atoms with Crippen molar-refractivity contribution in [2.45, 2.75) is 37.8 Å². The molecular formula is C24H28N4O2. The Labute approximate surface area is 176 Å². The van der Waals surface area contributed by atoms with Crippen molar-refractivity contribution in [2.75, 3.05) is 24.6 Å². The first-order valence-corrected chi connectivity index (χ1v) is 10.9. The highest BCUT2D eigenvalue weighted by Gasteiger charge is 2.37. The quantitative estimate of drug-likeness (QED) is 0.663. The topological polar surface area (TPSA) is 70.4 Å². The molecule has 0 radical (unpaired) electrons. The summed E-state index contributed by atoms with van der Waals surface area (Å²) < 4.78 is 2.10. The third kappa shape index (κ3) is 3.67. The van der Waals surface area contributed by atoms with Crippen LogP contribution in [-0.2, 0) is 11.3 Å². The van der Waals surface area contributed by atoms with Crippen molar-refractivity contribution in [3.8, 4) is 0 Å². The number of imidazole rings is 1. The van der Waals surface area contributed by atoms with Crippen molar-refractivity contribution in [1.82, 2.24) is 14.9 Å². The van der Waals surface area contributed by atoms with Gasteiger partial charge in [-0.15, -0.1) is 0 Å². The summed E-state index contributed by atoms with van der Waals surface area (Å²) in [5.74, 6) is 1.55. The largest absolute Gasteiger partial charge is 0.395 e. The second-order valence-corrected chi connectivity index (χ2v) is 8.42. The Balaban J connectivity index is 1.45. The zero-order valence-corrected chi connectivity index (χ0v) is 17.1. The molecule has 1 aromatic heterocycles. The predicted octanol–water partition coefficient (Wildman–Crippen LogP) is 2.92. The summed E-state index contributed by atoms with van der Waals surface area (Å²) in [6.45, 7) is 2.15. The summed E-state index contributed by atoms with van der Waals surface area (Å²) in [4.78, 5) is 19.8. The first-order chi connectivity index (χ1) is 14.7. The maximum atomic E-state index is 12.6. The van der Waals surface area contributed by atoms with E-state index in [1.807, 2.05) is 30.3 Å². The number of hydrogen-bond acceptors (Lipinski definition) is 4. The van der Waals surface area contributed by atoms with Gasteiger partial charge in [-0.2, -0.15) is 0 Å². The Bertz CT molecular complexity index is 1030. The average molecular weight is 405 g/mol. The molecule has 1 saturated carbocycles. The van der Waals surface area contributed by atoms with E-state index in [-0.39, 0.29) is 24.5 Å². The number of piperidine rings is 1. The molecule has 2 atom stereocenters. The van der Waals surface area contributed by atoms with Gasteiger partial charge in [-0.05, 0) is 37.0 Å². The molecule has 6 heteroatoms. The number of carbonyl (C=O) groups excluding carboxylic acids is 1. The monoisotopic (exact) mass is 404 g/mol. The number of aliphatic hydroxyl groups excluding tert-OH is 1. The maximum absolute atomic E-state index is 12.6. The number of nitrogens with zero attached hydrogens (tertiary/aromatic N) is 3. The Morgan fingerprint density at radius 1 is 1.07 bits per heavy atom. The number of rotatable bonds is 6. The van der Waals surface area contributed by atoms with Gasteiger partial charge in [-0.25, -0.2) is 4.98 Å². The number of carbonyl (C=O) groups is 1. The van der Waals surface area contributed by atoms with Crippen LogP contribution in [0.15, 0.2) is 54.6 Å². The van der Waals surface area contributed by atoms with E-state index in [9.17, 15) is 9.90 Å². The number of nitrogens with one attached hydrogen (secondary N) is 1. The maximum Gasteiger partial charge on any atom is 0.223 e. The molecular weight excluding hydrogens is 376 g/mol.